The van der Waals surface area contributed by atoms with Gasteiger partial charge in [0.05, 0.1) is 50.5 Å². The number of imidazole rings is 1. The lowest BCUT2D eigenvalue weighted by molar-refractivity contribution is 0.0361. The van der Waals surface area contributed by atoms with Crippen LogP contribution in [0, 0.1) is 0 Å². The zero-order valence-electron chi connectivity index (χ0n) is 19.1. The lowest BCUT2D eigenvalue weighted by Gasteiger charge is -2.38. The van der Waals surface area contributed by atoms with Gasteiger partial charge in [0.1, 0.15) is 24.5 Å². The summed E-state index contributed by atoms with van der Waals surface area (Å²) in [6, 6.07) is 0. The van der Waals surface area contributed by atoms with Gasteiger partial charge in [-0.25, -0.2) is 25.0 Å². The molecule has 1 saturated heterocycles. The predicted molar refractivity (Wildman–Crippen MR) is 119 cm³/mol. The van der Waals surface area contributed by atoms with Gasteiger partial charge in [0.2, 0.25) is 11.8 Å². The van der Waals surface area contributed by atoms with Crippen molar-refractivity contribution in [2.24, 2.45) is 12.0 Å². The van der Waals surface area contributed by atoms with Crippen LogP contribution >= 0.6 is 0 Å². The fourth-order valence-corrected chi connectivity index (χ4v) is 4.49. The third kappa shape index (κ3) is 4.15. The van der Waals surface area contributed by atoms with Gasteiger partial charge in [0.25, 0.3) is 5.91 Å². The van der Waals surface area contributed by atoms with Crippen LogP contribution < -0.4 is 4.74 Å². The number of methoxy groups -OCH3 is 1. The van der Waals surface area contributed by atoms with Crippen molar-refractivity contribution in [2.45, 2.75) is 32.4 Å². The first-order valence-electron chi connectivity index (χ1n) is 11.1. The number of hydrogen-bond donors (Lipinski definition) is 0. The van der Waals surface area contributed by atoms with E-state index in [2.05, 4.69) is 30.0 Å². The molecule has 0 N–H and O–H groups in total. The Morgan fingerprint density at radius 2 is 2.09 bits per heavy atom. The molecule has 0 spiro atoms. The van der Waals surface area contributed by atoms with Gasteiger partial charge in [-0.2, -0.15) is 0 Å². The van der Waals surface area contributed by atoms with Gasteiger partial charge in [-0.1, -0.05) is 0 Å². The number of hydrogen-bond acceptors (Lipinski definition) is 9. The van der Waals surface area contributed by atoms with Crippen LogP contribution in [0.15, 0.2) is 35.3 Å². The highest BCUT2D eigenvalue weighted by atomic mass is 16.5. The summed E-state index contributed by atoms with van der Waals surface area (Å²) in [5.74, 6) is 1.24. The second-order valence-corrected chi connectivity index (χ2v) is 8.54. The lowest BCUT2D eigenvalue weighted by Crippen LogP contribution is -2.46. The molecule has 0 radical (unpaired) electrons. The molecule has 0 aliphatic carbocycles. The van der Waals surface area contributed by atoms with Gasteiger partial charge in [-0.3, -0.25) is 9.80 Å². The highest BCUT2D eigenvalue weighted by Crippen LogP contribution is 2.28. The molecule has 2 aromatic rings. The van der Waals surface area contributed by atoms with Gasteiger partial charge in [0, 0.05) is 38.6 Å². The molecule has 1 amide bonds. The topological polar surface area (TPSA) is 101 Å². The molecule has 1 unspecified atom stereocenters. The minimum absolute atomic E-state index is 0.0276. The van der Waals surface area contributed by atoms with E-state index in [4.69, 9.17) is 9.47 Å². The SMILES string of the molecule is COC1=C(C)CN(N2CCc3ncnc(OC4CCN(C(=O)c5cncn5C)C4)c3C2)C=N1. The molecule has 0 saturated carbocycles. The van der Waals surface area contributed by atoms with E-state index in [1.165, 1.54) is 0 Å². The Morgan fingerprint density at radius 1 is 1.21 bits per heavy atom. The molecular weight excluding hydrogens is 424 g/mol. The average Bonchev–Trinajstić information content (AvgIpc) is 3.47. The molecule has 5 heterocycles. The smallest absolute Gasteiger partial charge is 0.272 e. The molecule has 3 aliphatic rings. The minimum atomic E-state index is -0.109. The Kier molecular flexibility index (Phi) is 5.71. The molecule has 33 heavy (non-hydrogen) atoms. The number of nitrogens with zero attached hydrogens (tertiary/aromatic N) is 8. The normalized spacial score (nSPS) is 20.9. The molecule has 5 rings (SSSR count). The van der Waals surface area contributed by atoms with E-state index in [1.54, 1.807) is 36.9 Å². The van der Waals surface area contributed by atoms with Crippen LogP contribution in [-0.4, -0.2) is 86.1 Å². The van der Waals surface area contributed by atoms with Crippen molar-refractivity contribution in [2.75, 3.05) is 33.3 Å². The van der Waals surface area contributed by atoms with Crippen LogP contribution in [0.25, 0.3) is 0 Å². The highest BCUT2D eigenvalue weighted by Gasteiger charge is 2.32. The first kappa shape index (κ1) is 21.4. The summed E-state index contributed by atoms with van der Waals surface area (Å²) < 4.78 is 13.4. The van der Waals surface area contributed by atoms with E-state index in [0.29, 0.717) is 37.1 Å². The summed E-state index contributed by atoms with van der Waals surface area (Å²) in [6.07, 6.45) is 8.06. The summed E-state index contributed by atoms with van der Waals surface area (Å²) in [4.78, 5) is 32.0. The summed E-state index contributed by atoms with van der Waals surface area (Å²) in [6.45, 7) is 5.38. The van der Waals surface area contributed by atoms with Crippen molar-refractivity contribution in [1.29, 1.82) is 0 Å². The van der Waals surface area contributed by atoms with Crippen LogP contribution in [0.4, 0.5) is 0 Å². The fourth-order valence-electron chi connectivity index (χ4n) is 4.49. The molecular formula is C22H28N8O3. The molecule has 174 valence electrons. The van der Waals surface area contributed by atoms with E-state index < -0.39 is 0 Å². The van der Waals surface area contributed by atoms with Gasteiger partial charge in [-0.05, 0) is 6.92 Å². The quantitative estimate of drug-likeness (QED) is 0.662. The van der Waals surface area contributed by atoms with Crippen molar-refractivity contribution in [1.82, 2.24) is 34.4 Å². The zero-order chi connectivity index (χ0) is 22.9. The molecule has 11 heteroatoms. The Morgan fingerprint density at radius 3 is 2.85 bits per heavy atom. The largest absolute Gasteiger partial charge is 0.481 e. The van der Waals surface area contributed by atoms with Crippen LogP contribution in [0.1, 0.15) is 35.1 Å². The first-order chi connectivity index (χ1) is 16.0. The summed E-state index contributed by atoms with van der Waals surface area (Å²) in [5.41, 5.74) is 3.66. The number of carbonyl (C=O) groups excluding carboxylic acids is 1. The number of aliphatic imine (C=N–C) groups is 1. The van der Waals surface area contributed by atoms with Crippen molar-refractivity contribution >= 4 is 12.2 Å². The maximum Gasteiger partial charge on any atom is 0.272 e. The van der Waals surface area contributed by atoms with Crippen molar-refractivity contribution in [3.05, 3.63) is 47.3 Å². The Bertz CT molecular complexity index is 1110. The third-order valence-electron chi connectivity index (χ3n) is 6.32. The number of aryl methyl sites for hydroxylation is 1. The van der Waals surface area contributed by atoms with Gasteiger partial charge >= 0.3 is 0 Å². The maximum absolute atomic E-state index is 12.8. The third-order valence-corrected chi connectivity index (χ3v) is 6.32. The lowest BCUT2D eigenvalue weighted by atomic mass is 10.1. The van der Waals surface area contributed by atoms with Gasteiger partial charge in [0.15, 0.2) is 0 Å². The number of amides is 1. The van der Waals surface area contributed by atoms with E-state index in [0.717, 1.165) is 42.8 Å². The first-order valence-corrected chi connectivity index (χ1v) is 11.1. The van der Waals surface area contributed by atoms with E-state index >= 15 is 0 Å². The second-order valence-electron chi connectivity index (χ2n) is 8.54. The van der Waals surface area contributed by atoms with E-state index in [-0.39, 0.29) is 12.0 Å². The number of likely N-dealkylation sites (tertiary alicyclic amines) is 1. The number of rotatable bonds is 5. The zero-order valence-corrected chi connectivity index (χ0v) is 19.1. The van der Waals surface area contributed by atoms with Crippen molar-refractivity contribution in [3.63, 3.8) is 0 Å². The van der Waals surface area contributed by atoms with Crippen LogP contribution in [0.2, 0.25) is 0 Å². The number of carbonyl (C=O) groups is 1. The molecule has 1 fully saturated rings. The molecule has 1 atom stereocenters. The molecule has 0 bridgehead atoms. The molecule has 11 nitrogen and oxygen atoms in total. The molecule has 2 aromatic heterocycles. The summed E-state index contributed by atoms with van der Waals surface area (Å²) in [7, 11) is 3.46. The number of ether oxygens (including phenoxy) is 2. The van der Waals surface area contributed by atoms with Gasteiger partial charge in [-0.15, -0.1) is 0 Å². The van der Waals surface area contributed by atoms with Gasteiger partial charge < -0.3 is 18.9 Å². The Labute approximate surface area is 192 Å². The minimum Gasteiger partial charge on any atom is -0.481 e. The highest BCUT2D eigenvalue weighted by molar-refractivity contribution is 5.92. The standard InChI is InChI=1S/C22H28N8O3/c1-15-9-30(14-26-20(15)32-3)29-7-5-18-17(11-29)21(25-12-24-18)33-16-4-6-28(10-16)22(31)19-8-23-13-27(19)2/h8,12-14,16H,4-7,9-11H2,1-3H3. The van der Waals surface area contributed by atoms with Crippen LogP contribution in [0.5, 0.6) is 5.88 Å². The van der Waals surface area contributed by atoms with Crippen molar-refractivity contribution in [3.8, 4) is 5.88 Å². The number of aromatic nitrogens is 4. The monoisotopic (exact) mass is 452 g/mol. The van der Waals surface area contributed by atoms with Crippen molar-refractivity contribution < 1.29 is 14.3 Å². The Balaban J connectivity index is 1.26. The fraction of sp³-hybridized carbons (Fsp3) is 0.500. The van der Waals surface area contributed by atoms with E-state index in [1.807, 2.05) is 18.9 Å². The summed E-state index contributed by atoms with van der Waals surface area (Å²) >= 11 is 0. The summed E-state index contributed by atoms with van der Waals surface area (Å²) in [5, 5.41) is 4.33. The van der Waals surface area contributed by atoms with Crippen LogP contribution in [-0.2, 0) is 24.8 Å². The van der Waals surface area contributed by atoms with E-state index in [9.17, 15) is 4.79 Å². The molecule has 3 aliphatic heterocycles. The number of fused-ring (bicyclic) bond motifs is 1. The maximum atomic E-state index is 12.8. The molecule has 0 aromatic carbocycles. The Hall–Kier alpha value is -3.47. The van der Waals surface area contributed by atoms with Crippen LogP contribution in [0.3, 0.4) is 0 Å². The number of hydrazine groups is 1. The average molecular weight is 453 g/mol. The second kappa shape index (κ2) is 8.81. The predicted octanol–water partition coefficient (Wildman–Crippen LogP) is 0.999.